The average molecular weight is 214 g/mol. The van der Waals surface area contributed by atoms with Crippen LogP contribution >= 0.6 is 0 Å². The third-order valence-corrected chi connectivity index (χ3v) is 2.26. The van der Waals surface area contributed by atoms with E-state index in [0.717, 1.165) is 5.57 Å². The second-order valence-corrected chi connectivity index (χ2v) is 3.82. The molecule has 2 aromatic rings. The number of allylic oxidation sites excluding steroid dienone is 1. The summed E-state index contributed by atoms with van der Waals surface area (Å²) in [4.78, 5) is 0. The van der Waals surface area contributed by atoms with Gasteiger partial charge in [0.15, 0.2) is 11.4 Å². The van der Waals surface area contributed by atoms with Gasteiger partial charge in [0.2, 0.25) is 0 Å². The van der Waals surface area contributed by atoms with Gasteiger partial charge in [-0.25, -0.2) is 4.39 Å². The Balaban J connectivity index is 2.83. The number of rotatable bonds is 1. The zero-order valence-corrected chi connectivity index (χ0v) is 9.17. The third-order valence-electron chi connectivity index (χ3n) is 2.26. The smallest absolute Gasteiger partial charge is 0.171 e. The Labute approximate surface area is 93.6 Å². The summed E-state index contributed by atoms with van der Waals surface area (Å²) in [5, 5.41) is 0.648. The minimum Gasteiger partial charge on any atom is -0.452 e. The van der Waals surface area contributed by atoms with Crippen molar-refractivity contribution in [3.05, 3.63) is 40.9 Å². The van der Waals surface area contributed by atoms with Crippen molar-refractivity contribution in [3.63, 3.8) is 0 Å². The molecule has 0 bridgehead atoms. The molecule has 0 amide bonds. The van der Waals surface area contributed by atoms with Crippen LogP contribution in [0, 0.1) is 18.2 Å². The maximum Gasteiger partial charge on any atom is 0.171 e. The zero-order chi connectivity index (χ0) is 11.7. The standard InChI is InChI=1S/C14H11FO/c1-4-10-11-6-5-7-12(15)14(11)16-13(10)8-9(2)3/h1,5-8H,2-3H3. The lowest BCUT2D eigenvalue weighted by Gasteiger charge is -1.89. The Bertz CT molecular complexity index is 607. The molecule has 0 aliphatic heterocycles. The van der Waals surface area contributed by atoms with Crippen LogP contribution in [0.15, 0.2) is 28.2 Å². The van der Waals surface area contributed by atoms with Gasteiger partial charge in [-0.3, -0.25) is 0 Å². The van der Waals surface area contributed by atoms with E-state index in [1.165, 1.54) is 6.07 Å². The molecular formula is C14H11FO. The molecule has 0 atom stereocenters. The van der Waals surface area contributed by atoms with E-state index in [0.29, 0.717) is 16.7 Å². The van der Waals surface area contributed by atoms with Crippen LogP contribution in [0.1, 0.15) is 25.2 Å². The van der Waals surface area contributed by atoms with E-state index < -0.39 is 0 Å². The third kappa shape index (κ3) is 1.61. The van der Waals surface area contributed by atoms with Gasteiger partial charge in [-0.2, -0.15) is 0 Å². The Kier molecular flexibility index (Phi) is 2.54. The highest BCUT2D eigenvalue weighted by Crippen LogP contribution is 2.28. The van der Waals surface area contributed by atoms with Crippen LogP contribution in [-0.4, -0.2) is 0 Å². The van der Waals surface area contributed by atoms with Crippen molar-refractivity contribution in [2.45, 2.75) is 13.8 Å². The summed E-state index contributed by atoms with van der Waals surface area (Å²) in [6.07, 6.45) is 7.24. The van der Waals surface area contributed by atoms with E-state index >= 15 is 0 Å². The summed E-state index contributed by atoms with van der Waals surface area (Å²) in [5.74, 6) is 2.70. The molecule has 0 aliphatic carbocycles. The molecule has 0 fully saturated rings. The van der Waals surface area contributed by atoms with Crippen molar-refractivity contribution in [1.82, 2.24) is 0 Å². The molecule has 2 rings (SSSR count). The maximum absolute atomic E-state index is 13.5. The molecule has 1 nitrogen and oxygen atoms in total. The van der Waals surface area contributed by atoms with E-state index in [9.17, 15) is 4.39 Å². The molecule has 0 N–H and O–H groups in total. The van der Waals surface area contributed by atoms with E-state index in [4.69, 9.17) is 10.8 Å². The van der Waals surface area contributed by atoms with Crippen LogP contribution in [0.2, 0.25) is 0 Å². The molecule has 0 radical (unpaired) electrons. The average Bonchev–Trinajstić information content (AvgIpc) is 2.56. The number of fused-ring (bicyclic) bond motifs is 1. The molecule has 16 heavy (non-hydrogen) atoms. The van der Waals surface area contributed by atoms with Crippen LogP contribution < -0.4 is 0 Å². The topological polar surface area (TPSA) is 13.1 Å². The van der Waals surface area contributed by atoms with Gasteiger partial charge in [-0.05, 0) is 32.1 Å². The SMILES string of the molecule is C#Cc1c(C=C(C)C)oc2c(F)cccc12. The number of hydrogen-bond acceptors (Lipinski definition) is 1. The van der Waals surface area contributed by atoms with Crippen LogP contribution in [0.25, 0.3) is 17.0 Å². The lowest BCUT2D eigenvalue weighted by atomic mass is 10.1. The van der Waals surface area contributed by atoms with Gasteiger partial charge in [0.25, 0.3) is 0 Å². The van der Waals surface area contributed by atoms with Gasteiger partial charge < -0.3 is 4.42 Å². The first-order valence-corrected chi connectivity index (χ1v) is 4.96. The fourth-order valence-corrected chi connectivity index (χ4v) is 1.62. The van der Waals surface area contributed by atoms with Gasteiger partial charge in [0.1, 0.15) is 5.76 Å². The number of benzene rings is 1. The maximum atomic E-state index is 13.5. The Morgan fingerprint density at radius 3 is 2.81 bits per heavy atom. The number of para-hydroxylation sites is 1. The fraction of sp³-hybridized carbons (Fsp3) is 0.143. The lowest BCUT2D eigenvalue weighted by molar-refractivity contribution is 0.553. The number of halogens is 1. The number of furan rings is 1. The Morgan fingerprint density at radius 1 is 1.44 bits per heavy atom. The van der Waals surface area contributed by atoms with Crippen molar-refractivity contribution >= 4 is 17.0 Å². The monoisotopic (exact) mass is 214 g/mol. The van der Waals surface area contributed by atoms with E-state index in [1.807, 2.05) is 19.9 Å². The highest BCUT2D eigenvalue weighted by Gasteiger charge is 2.13. The molecule has 80 valence electrons. The summed E-state index contributed by atoms with van der Waals surface area (Å²) in [6.45, 7) is 3.87. The minimum absolute atomic E-state index is 0.225. The Hall–Kier alpha value is -2.01. The summed E-state index contributed by atoms with van der Waals surface area (Å²) < 4.78 is 18.9. The van der Waals surface area contributed by atoms with Crippen LogP contribution in [0.3, 0.4) is 0 Å². The molecule has 0 unspecified atom stereocenters. The highest BCUT2D eigenvalue weighted by atomic mass is 19.1. The van der Waals surface area contributed by atoms with Crippen molar-refractivity contribution in [2.24, 2.45) is 0 Å². The zero-order valence-electron chi connectivity index (χ0n) is 9.17. The number of hydrogen-bond donors (Lipinski definition) is 0. The molecule has 0 aliphatic rings. The van der Waals surface area contributed by atoms with Crippen LogP contribution in [0.5, 0.6) is 0 Å². The molecule has 0 saturated heterocycles. The molecule has 0 spiro atoms. The van der Waals surface area contributed by atoms with E-state index in [1.54, 1.807) is 12.1 Å². The summed E-state index contributed by atoms with van der Waals surface area (Å²) in [6, 6.07) is 4.75. The van der Waals surface area contributed by atoms with Crippen molar-refractivity contribution in [3.8, 4) is 12.3 Å². The van der Waals surface area contributed by atoms with Gasteiger partial charge in [-0.15, -0.1) is 6.42 Å². The van der Waals surface area contributed by atoms with Crippen molar-refractivity contribution in [2.75, 3.05) is 0 Å². The molecule has 1 aromatic carbocycles. The first-order valence-electron chi connectivity index (χ1n) is 4.96. The van der Waals surface area contributed by atoms with Crippen molar-refractivity contribution in [1.29, 1.82) is 0 Å². The predicted molar refractivity (Wildman–Crippen MR) is 63.4 cm³/mol. The fourth-order valence-electron chi connectivity index (χ4n) is 1.62. The highest BCUT2D eigenvalue weighted by molar-refractivity contribution is 5.88. The molecule has 1 heterocycles. The molecule has 2 heteroatoms. The van der Waals surface area contributed by atoms with Gasteiger partial charge in [-0.1, -0.05) is 17.6 Å². The largest absolute Gasteiger partial charge is 0.452 e. The van der Waals surface area contributed by atoms with Gasteiger partial charge >= 0.3 is 0 Å². The van der Waals surface area contributed by atoms with Crippen molar-refractivity contribution < 1.29 is 8.81 Å². The quantitative estimate of drug-likeness (QED) is 0.654. The molecule has 1 aromatic heterocycles. The van der Waals surface area contributed by atoms with Gasteiger partial charge in [0.05, 0.1) is 5.56 Å². The first-order chi connectivity index (χ1) is 7.63. The number of terminal acetylenes is 1. The van der Waals surface area contributed by atoms with Gasteiger partial charge in [0, 0.05) is 5.39 Å². The Morgan fingerprint density at radius 2 is 2.19 bits per heavy atom. The van der Waals surface area contributed by atoms with E-state index in [-0.39, 0.29) is 11.4 Å². The second-order valence-electron chi connectivity index (χ2n) is 3.82. The second kappa shape index (κ2) is 3.86. The molecular weight excluding hydrogens is 203 g/mol. The van der Waals surface area contributed by atoms with Crippen LogP contribution in [0.4, 0.5) is 4.39 Å². The minimum atomic E-state index is -0.387. The lowest BCUT2D eigenvalue weighted by Crippen LogP contribution is -1.76. The first kappa shape index (κ1) is 10.5. The predicted octanol–water partition coefficient (Wildman–Crippen LogP) is 3.98. The summed E-state index contributed by atoms with van der Waals surface area (Å²) >= 11 is 0. The normalized spacial score (nSPS) is 10.1. The van der Waals surface area contributed by atoms with E-state index in [2.05, 4.69) is 5.92 Å². The summed E-state index contributed by atoms with van der Waals surface area (Å²) in [7, 11) is 0. The summed E-state index contributed by atoms with van der Waals surface area (Å²) in [5.41, 5.74) is 1.88. The van der Waals surface area contributed by atoms with Crippen LogP contribution in [-0.2, 0) is 0 Å². The molecule has 0 saturated carbocycles.